The number of pyridine rings is 1. The number of aromatic nitrogens is 1. The van der Waals surface area contributed by atoms with Crippen LogP contribution in [0.25, 0.3) is 5.57 Å². The van der Waals surface area contributed by atoms with Gasteiger partial charge in [-0.1, -0.05) is 36.4 Å². The normalized spacial score (nSPS) is 17.4. The van der Waals surface area contributed by atoms with Gasteiger partial charge in [0, 0.05) is 30.7 Å². The predicted molar refractivity (Wildman–Crippen MR) is 80.9 cm³/mol. The van der Waals surface area contributed by atoms with E-state index in [2.05, 4.69) is 32.7 Å². The first-order valence-electron chi connectivity index (χ1n) is 6.60. The lowest BCUT2D eigenvalue weighted by molar-refractivity contribution is 0.487. The zero-order chi connectivity index (χ0) is 13.6. The molecule has 2 aromatic rings. The minimum atomic E-state index is -0.0948. The monoisotopic (exact) mass is 264 g/mol. The number of allylic oxidation sites excluding steroid dienone is 1. The second-order valence-corrected chi connectivity index (χ2v) is 4.53. The minimum absolute atomic E-state index is 0.0948. The van der Waals surface area contributed by atoms with E-state index >= 15 is 0 Å². The van der Waals surface area contributed by atoms with Crippen molar-refractivity contribution in [2.75, 3.05) is 0 Å². The van der Waals surface area contributed by atoms with Crippen molar-refractivity contribution in [3.05, 3.63) is 72.2 Å². The van der Waals surface area contributed by atoms with Crippen LogP contribution in [0.1, 0.15) is 11.3 Å². The largest absolute Gasteiger partial charge is 0.357 e. The zero-order valence-electron chi connectivity index (χ0n) is 11.0. The third-order valence-corrected chi connectivity index (χ3v) is 3.06. The Hall–Kier alpha value is -2.46. The highest BCUT2D eigenvalue weighted by molar-refractivity contribution is 6.09. The van der Waals surface area contributed by atoms with Gasteiger partial charge in [-0.2, -0.15) is 0 Å². The maximum Gasteiger partial charge on any atom is 0.173 e. The molecule has 0 saturated heterocycles. The summed E-state index contributed by atoms with van der Waals surface area (Å²) in [5.74, 6) is 0. The van der Waals surface area contributed by atoms with Gasteiger partial charge < -0.3 is 5.32 Å². The number of nitrogens with zero attached hydrogens (tertiary/aromatic N) is 2. The summed E-state index contributed by atoms with van der Waals surface area (Å²) >= 11 is 0. The highest BCUT2D eigenvalue weighted by atomic mass is 15.2. The molecular weight excluding hydrogens is 248 g/mol. The van der Waals surface area contributed by atoms with Gasteiger partial charge in [-0.25, -0.2) is 0 Å². The van der Waals surface area contributed by atoms with Gasteiger partial charge in [-0.3, -0.25) is 15.3 Å². The summed E-state index contributed by atoms with van der Waals surface area (Å²) in [5.41, 5.74) is 3.15. The van der Waals surface area contributed by atoms with E-state index in [1.807, 2.05) is 48.8 Å². The van der Waals surface area contributed by atoms with Crippen molar-refractivity contribution in [3.63, 3.8) is 0 Å². The van der Waals surface area contributed by atoms with Crippen LogP contribution in [0.15, 0.2) is 65.9 Å². The molecule has 0 saturated carbocycles. The summed E-state index contributed by atoms with van der Waals surface area (Å²) in [6, 6.07) is 16.1. The molecule has 20 heavy (non-hydrogen) atoms. The molecule has 4 heteroatoms. The van der Waals surface area contributed by atoms with Gasteiger partial charge >= 0.3 is 0 Å². The lowest BCUT2D eigenvalue weighted by Crippen LogP contribution is -2.39. The second kappa shape index (κ2) is 6.12. The van der Waals surface area contributed by atoms with Crippen LogP contribution in [0.2, 0.25) is 0 Å². The van der Waals surface area contributed by atoms with Crippen LogP contribution < -0.4 is 10.6 Å². The third-order valence-electron chi connectivity index (χ3n) is 3.06. The first-order chi connectivity index (χ1) is 9.92. The van der Waals surface area contributed by atoms with E-state index < -0.39 is 0 Å². The molecule has 2 heterocycles. The van der Waals surface area contributed by atoms with E-state index in [1.165, 1.54) is 5.56 Å². The zero-order valence-corrected chi connectivity index (χ0v) is 11.0. The van der Waals surface area contributed by atoms with Gasteiger partial charge in [0.2, 0.25) is 0 Å². The molecule has 1 aromatic heterocycles. The van der Waals surface area contributed by atoms with Crippen molar-refractivity contribution in [2.24, 2.45) is 4.99 Å². The molecule has 0 bridgehead atoms. The summed E-state index contributed by atoms with van der Waals surface area (Å²) in [6.45, 7) is 0.780. The summed E-state index contributed by atoms with van der Waals surface area (Å²) < 4.78 is 0. The molecule has 0 radical (unpaired) electrons. The van der Waals surface area contributed by atoms with Crippen LogP contribution in [0, 0.1) is 0 Å². The molecule has 100 valence electrons. The van der Waals surface area contributed by atoms with Gasteiger partial charge in [0.1, 0.15) is 0 Å². The van der Waals surface area contributed by atoms with Crippen LogP contribution >= 0.6 is 0 Å². The van der Waals surface area contributed by atoms with Crippen molar-refractivity contribution in [2.45, 2.75) is 12.8 Å². The van der Waals surface area contributed by atoms with Gasteiger partial charge in [0.15, 0.2) is 6.29 Å². The van der Waals surface area contributed by atoms with E-state index in [9.17, 15) is 0 Å². The quantitative estimate of drug-likeness (QED) is 0.889. The Morgan fingerprint density at radius 2 is 1.90 bits per heavy atom. The van der Waals surface area contributed by atoms with Gasteiger partial charge in [-0.15, -0.1) is 0 Å². The fourth-order valence-corrected chi connectivity index (χ4v) is 2.00. The molecule has 4 nitrogen and oxygen atoms in total. The van der Waals surface area contributed by atoms with Crippen molar-refractivity contribution in [1.82, 2.24) is 15.6 Å². The maximum absolute atomic E-state index is 4.45. The van der Waals surface area contributed by atoms with Gasteiger partial charge in [-0.05, 0) is 17.7 Å². The molecule has 1 unspecified atom stereocenters. The molecule has 0 aliphatic carbocycles. The summed E-state index contributed by atoms with van der Waals surface area (Å²) in [4.78, 5) is 8.75. The van der Waals surface area contributed by atoms with E-state index in [-0.39, 0.29) is 6.29 Å². The number of rotatable bonds is 4. The van der Waals surface area contributed by atoms with Crippen molar-refractivity contribution < 1.29 is 0 Å². The summed E-state index contributed by atoms with van der Waals surface area (Å²) in [6.07, 6.45) is 5.48. The summed E-state index contributed by atoms with van der Waals surface area (Å²) in [7, 11) is 0. The molecule has 0 fully saturated rings. The molecule has 1 aromatic carbocycles. The smallest absolute Gasteiger partial charge is 0.173 e. The predicted octanol–water partition coefficient (Wildman–Crippen LogP) is 2.17. The Balaban J connectivity index is 1.56. The lowest BCUT2D eigenvalue weighted by Gasteiger charge is -2.19. The highest BCUT2D eigenvalue weighted by Gasteiger charge is 2.09. The standard InChI is InChI=1S/C16H16N4/c1-2-6-13(7-3-1)10-18-16-19-11-14(12-20-16)15-8-4-5-9-17-15/h1-9,11-12,16,18-19H,10H2. The van der Waals surface area contributed by atoms with Crippen LogP contribution in [0.4, 0.5) is 0 Å². The fraction of sp³-hybridized carbons (Fsp3) is 0.125. The van der Waals surface area contributed by atoms with Crippen LogP contribution in [0.5, 0.6) is 0 Å². The Bertz CT molecular complexity index is 605. The Kier molecular flexibility index (Phi) is 3.85. The number of hydrogen-bond acceptors (Lipinski definition) is 4. The van der Waals surface area contributed by atoms with Crippen molar-refractivity contribution in [1.29, 1.82) is 0 Å². The van der Waals surface area contributed by atoms with E-state index in [4.69, 9.17) is 0 Å². The topological polar surface area (TPSA) is 49.3 Å². The van der Waals surface area contributed by atoms with Gasteiger partial charge in [0.05, 0.1) is 5.69 Å². The lowest BCUT2D eigenvalue weighted by atomic mass is 10.2. The van der Waals surface area contributed by atoms with E-state index in [1.54, 1.807) is 6.20 Å². The van der Waals surface area contributed by atoms with E-state index in [0.29, 0.717) is 0 Å². The second-order valence-electron chi connectivity index (χ2n) is 4.53. The number of nitrogens with one attached hydrogen (secondary N) is 2. The molecule has 0 spiro atoms. The first kappa shape index (κ1) is 12.6. The third kappa shape index (κ3) is 3.10. The molecular formula is C16H16N4. The Morgan fingerprint density at radius 3 is 2.60 bits per heavy atom. The minimum Gasteiger partial charge on any atom is -0.357 e. The SMILES string of the molecule is C1=NC(NCc2ccccc2)NC=C1c1ccccn1. The van der Waals surface area contributed by atoms with Crippen LogP contribution in [-0.4, -0.2) is 17.5 Å². The van der Waals surface area contributed by atoms with Crippen molar-refractivity contribution >= 4 is 11.8 Å². The molecule has 1 aliphatic rings. The molecule has 2 N–H and O–H groups in total. The summed E-state index contributed by atoms with van der Waals surface area (Å²) in [5, 5.41) is 6.56. The van der Waals surface area contributed by atoms with Crippen LogP contribution in [-0.2, 0) is 6.54 Å². The number of benzene rings is 1. The molecule has 3 rings (SSSR count). The fourth-order valence-electron chi connectivity index (χ4n) is 2.00. The molecule has 1 aliphatic heterocycles. The Labute approximate surface area is 118 Å². The number of hydrogen-bond donors (Lipinski definition) is 2. The highest BCUT2D eigenvalue weighted by Crippen LogP contribution is 2.10. The number of aliphatic imine (C=N–C) groups is 1. The van der Waals surface area contributed by atoms with Gasteiger partial charge in [0.25, 0.3) is 0 Å². The average Bonchev–Trinajstić information content (AvgIpc) is 2.55. The van der Waals surface area contributed by atoms with Crippen LogP contribution in [0.3, 0.4) is 0 Å². The van der Waals surface area contributed by atoms with Crippen molar-refractivity contribution in [3.8, 4) is 0 Å². The maximum atomic E-state index is 4.45. The first-order valence-corrected chi connectivity index (χ1v) is 6.60. The van der Waals surface area contributed by atoms with E-state index in [0.717, 1.165) is 17.8 Å². The molecule has 1 atom stereocenters. The molecule has 0 amide bonds. The average molecular weight is 264 g/mol. The Morgan fingerprint density at radius 1 is 1.05 bits per heavy atom.